The van der Waals surface area contributed by atoms with E-state index >= 15 is 0 Å². The first kappa shape index (κ1) is 26.6. The van der Waals surface area contributed by atoms with Crippen LogP contribution in [-0.2, 0) is 22.6 Å². The molecule has 0 bridgehead atoms. The van der Waals surface area contributed by atoms with E-state index in [0.717, 1.165) is 23.1 Å². The van der Waals surface area contributed by atoms with Gasteiger partial charge in [0.15, 0.2) is 6.61 Å². The van der Waals surface area contributed by atoms with Crippen LogP contribution in [0, 0.1) is 6.92 Å². The van der Waals surface area contributed by atoms with E-state index in [1.807, 2.05) is 68.4 Å². The fourth-order valence-electron chi connectivity index (χ4n) is 3.74. The summed E-state index contributed by atoms with van der Waals surface area (Å²) in [7, 11) is 0. The van der Waals surface area contributed by atoms with Gasteiger partial charge in [-0.15, -0.1) is 0 Å². The first-order valence-corrected chi connectivity index (χ1v) is 12.4. The summed E-state index contributed by atoms with van der Waals surface area (Å²) in [5, 5.41) is 3.76. The van der Waals surface area contributed by atoms with Gasteiger partial charge in [0.1, 0.15) is 11.8 Å². The number of aryl methyl sites for hydroxylation is 1. The molecule has 3 rings (SSSR count). The molecule has 0 fully saturated rings. The van der Waals surface area contributed by atoms with Crippen LogP contribution in [0.4, 0.5) is 0 Å². The molecule has 2 amide bonds. The lowest BCUT2D eigenvalue weighted by molar-refractivity contribution is -0.142. The van der Waals surface area contributed by atoms with Crippen LogP contribution in [-0.4, -0.2) is 35.9 Å². The number of halogens is 2. The fourth-order valence-corrected chi connectivity index (χ4v) is 4.20. The summed E-state index contributed by atoms with van der Waals surface area (Å²) in [5.41, 5.74) is 2.98. The van der Waals surface area contributed by atoms with E-state index in [-0.39, 0.29) is 25.0 Å². The number of rotatable bonds is 11. The average molecular weight is 513 g/mol. The smallest absolute Gasteiger partial charge is 0.261 e. The molecule has 7 heteroatoms. The molecule has 3 aromatic carbocycles. The summed E-state index contributed by atoms with van der Waals surface area (Å²) in [4.78, 5) is 28.4. The number of ether oxygens (including phenoxy) is 1. The molecule has 184 valence electrons. The standard InChI is InChI=1S/C28H30Cl2N2O3/c1-3-14-31-28(34)25(16-21-9-5-4-6-10-21)32(18-22-11-7-8-20(2)15-22)27(33)19-35-26-13-12-23(29)17-24(26)30/h4-13,15,17,25H,3,14,16,18-19H2,1-2H3,(H,31,34). The molecular weight excluding hydrogens is 483 g/mol. The number of hydrogen-bond donors (Lipinski definition) is 1. The Hall–Kier alpha value is -3.02. The number of nitrogens with zero attached hydrogens (tertiary/aromatic N) is 1. The molecule has 1 N–H and O–H groups in total. The van der Waals surface area contributed by atoms with Gasteiger partial charge < -0.3 is 15.0 Å². The first-order valence-electron chi connectivity index (χ1n) is 11.6. The molecule has 0 aromatic heterocycles. The largest absolute Gasteiger partial charge is 0.482 e. The minimum absolute atomic E-state index is 0.193. The highest BCUT2D eigenvalue weighted by molar-refractivity contribution is 6.35. The lowest BCUT2D eigenvalue weighted by atomic mass is 10.0. The van der Waals surface area contributed by atoms with Gasteiger partial charge in [0, 0.05) is 24.5 Å². The van der Waals surface area contributed by atoms with E-state index in [1.165, 1.54) is 0 Å². The van der Waals surface area contributed by atoms with Crippen molar-refractivity contribution < 1.29 is 14.3 Å². The van der Waals surface area contributed by atoms with Gasteiger partial charge in [-0.3, -0.25) is 9.59 Å². The van der Waals surface area contributed by atoms with Crippen molar-refractivity contribution in [1.82, 2.24) is 10.2 Å². The highest BCUT2D eigenvalue weighted by atomic mass is 35.5. The van der Waals surface area contributed by atoms with E-state index < -0.39 is 6.04 Å². The van der Waals surface area contributed by atoms with Gasteiger partial charge in [-0.05, 0) is 42.7 Å². The summed E-state index contributed by atoms with van der Waals surface area (Å²) >= 11 is 12.2. The van der Waals surface area contributed by atoms with Gasteiger partial charge in [0.05, 0.1) is 5.02 Å². The minimum atomic E-state index is -0.707. The molecule has 1 unspecified atom stereocenters. The van der Waals surface area contributed by atoms with E-state index in [1.54, 1.807) is 23.1 Å². The summed E-state index contributed by atoms with van der Waals surface area (Å²) < 4.78 is 5.74. The number of amides is 2. The molecule has 0 saturated carbocycles. The Morgan fingerprint density at radius 2 is 1.71 bits per heavy atom. The quantitative estimate of drug-likeness (QED) is 0.350. The predicted molar refractivity (Wildman–Crippen MR) is 141 cm³/mol. The number of hydrogen-bond acceptors (Lipinski definition) is 3. The van der Waals surface area contributed by atoms with Gasteiger partial charge in [-0.1, -0.05) is 90.3 Å². The van der Waals surface area contributed by atoms with Crippen molar-refractivity contribution in [3.05, 3.63) is 99.5 Å². The number of carbonyl (C=O) groups is 2. The Kier molecular flexibility index (Phi) is 10.0. The Labute approximate surface area is 217 Å². The molecule has 0 saturated heterocycles. The van der Waals surface area contributed by atoms with Crippen LogP contribution >= 0.6 is 23.2 Å². The highest BCUT2D eigenvalue weighted by Crippen LogP contribution is 2.27. The third-order valence-corrected chi connectivity index (χ3v) is 6.03. The molecule has 1 atom stereocenters. The van der Waals surface area contributed by atoms with Gasteiger partial charge in [0.2, 0.25) is 5.91 Å². The third kappa shape index (κ3) is 8.01. The molecule has 35 heavy (non-hydrogen) atoms. The van der Waals surface area contributed by atoms with Gasteiger partial charge >= 0.3 is 0 Å². The Balaban J connectivity index is 1.90. The maximum absolute atomic E-state index is 13.5. The second-order valence-corrected chi connectivity index (χ2v) is 9.21. The van der Waals surface area contributed by atoms with Crippen LogP contribution in [0.15, 0.2) is 72.8 Å². The molecule has 0 radical (unpaired) electrons. The van der Waals surface area contributed by atoms with Crippen molar-refractivity contribution in [2.45, 2.75) is 39.3 Å². The lowest BCUT2D eigenvalue weighted by Crippen LogP contribution is -2.51. The zero-order valence-electron chi connectivity index (χ0n) is 20.0. The maximum atomic E-state index is 13.5. The molecule has 5 nitrogen and oxygen atoms in total. The predicted octanol–water partition coefficient (Wildman–Crippen LogP) is 5.85. The van der Waals surface area contributed by atoms with Crippen LogP contribution in [0.3, 0.4) is 0 Å². The number of nitrogens with one attached hydrogen (secondary N) is 1. The van der Waals surface area contributed by atoms with E-state index in [2.05, 4.69) is 5.32 Å². The van der Waals surface area contributed by atoms with Crippen LogP contribution in [0.2, 0.25) is 10.0 Å². The van der Waals surface area contributed by atoms with Crippen LogP contribution in [0.5, 0.6) is 5.75 Å². The second-order valence-electron chi connectivity index (χ2n) is 8.37. The Morgan fingerprint density at radius 1 is 0.971 bits per heavy atom. The fraction of sp³-hybridized carbons (Fsp3) is 0.286. The molecule has 0 heterocycles. The van der Waals surface area contributed by atoms with E-state index in [0.29, 0.717) is 28.8 Å². The highest BCUT2D eigenvalue weighted by Gasteiger charge is 2.30. The molecule has 0 aliphatic carbocycles. The SMILES string of the molecule is CCCNC(=O)C(Cc1ccccc1)N(Cc1cccc(C)c1)C(=O)COc1ccc(Cl)cc1Cl. The summed E-state index contributed by atoms with van der Waals surface area (Å²) in [6.45, 7) is 4.53. The van der Waals surface area contributed by atoms with Crippen LogP contribution < -0.4 is 10.1 Å². The summed E-state index contributed by atoms with van der Waals surface area (Å²) in [6, 6.07) is 21.7. The maximum Gasteiger partial charge on any atom is 0.261 e. The normalized spacial score (nSPS) is 11.5. The van der Waals surface area contributed by atoms with Crippen molar-refractivity contribution in [2.75, 3.05) is 13.2 Å². The molecule has 0 aliphatic rings. The topological polar surface area (TPSA) is 58.6 Å². The van der Waals surface area contributed by atoms with Crippen molar-refractivity contribution >= 4 is 35.0 Å². The van der Waals surface area contributed by atoms with Crippen molar-refractivity contribution in [3.63, 3.8) is 0 Å². The molecular formula is C28H30Cl2N2O3. The number of benzene rings is 3. The van der Waals surface area contributed by atoms with Crippen LogP contribution in [0.1, 0.15) is 30.0 Å². The van der Waals surface area contributed by atoms with Gasteiger partial charge in [-0.2, -0.15) is 0 Å². The minimum Gasteiger partial charge on any atom is -0.482 e. The Morgan fingerprint density at radius 3 is 2.40 bits per heavy atom. The first-order chi connectivity index (χ1) is 16.9. The van der Waals surface area contributed by atoms with Gasteiger partial charge in [0.25, 0.3) is 5.91 Å². The Bertz CT molecular complexity index is 1140. The molecule has 0 aliphatic heterocycles. The lowest BCUT2D eigenvalue weighted by Gasteiger charge is -2.31. The number of carbonyl (C=O) groups excluding carboxylic acids is 2. The second kappa shape index (κ2) is 13.2. The summed E-state index contributed by atoms with van der Waals surface area (Å²) in [5.74, 6) is -0.152. The van der Waals surface area contributed by atoms with Crippen molar-refractivity contribution in [1.29, 1.82) is 0 Å². The third-order valence-electron chi connectivity index (χ3n) is 5.50. The van der Waals surface area contributed by atoms with Crippen molar-refractivity contribution in [3.8, 4) is 5.75 Å². The van der Waals surface area contributed by atoms with Gasteiger partial charge in [-0.25, -0.2) is 0 Å². The molecule has 0 spiro atoms. The van der Waals surface area contributed by atoms with Crippen molar-refractivity contribution in [2.24, 2.45) is 0 Å². The zero-order chi connectivity index (χ0) is 25.2. The van der Waals surface area contributed by atoms with Crippen LogP contribution in [0.25, 0.3) is 0 Å². The molecule has 3 aromatic rings. The average Bonchev–Trinajstić information content (AvgIpc) is 2.84. The van der Waals surface area contributed by atoms with E-state index in [9.17, 15) is 9.59 Å². The zero-order valence-corrected chi connectivity index (χ0v) is 21.5. The van der Waals surface area contributed by atoms with E-state index in [4.69, 9.17) is 27.9 Å². The monoisotopic (exact) mass is 512 g/mol. The summed E-state index contributed by atoms with van der Waals surface area (Å²) in [6.07, 6.45) is 1.18.